The minimum absolute atomic E-state index is 0.475. The van der Waals surface area contributed by atoms with Gasteiger partial charge in [0, 0.05) is 22.8 Å². The Labute approximate surface area is 139 Å². The molecule has 3 nitrogen and oxygen atoms in total. The fourth-order valence-corrected chi connectivity index (χ4v) is 2.42. The zero-order chi connectivity index (χ0) is 16.1. The van der Waals surface area contributed by atoms with Gasteiger partial charge >= 0.3 is 0 Å². The molecule has 0 amide bonds. The van der Waals surface area contributed by atoms with Crippen molar-refractivity contribution in [1.82, 2.24) is 4.98 Å². The number of halogens is 1. The number of benzene rings is 2. The molecule has 3 rings (SSSR count). The van der Waals surface area contributed by atoms with Crippen LogP contribution in [-0.2, 0) is 6.61 Å². The third kappa shape index (κ3) is 3.88. The van der Waals surface area contributed by atoms with Crippen molar-refractivity contribution >= 4 is 11.6 Å². The van der Waals surface area contributed by atoms with E-state index in [1.54, 1.807) is 18.3 Å². The molecule has 0 aliphatic carbocycles. The minimum atomic E-state index is 0.475. The first-order valence-corrected chi connectivity index (χ1v) is 7.46. The van der Waals surface area contributed by atoms with Crippen molar-refractivity contribution in [3.8, 4) is 23.1 Å². The summed E-state index contributed by atoms with van der Waals surface area (Å²) in [6.07, 6.45) is 1.72. The summed E-state index contributed by atoms with van der Waals surface area (Å²) < 4.78 is 5.66. The lowest BCUT2D eigenvalue weighted by Crippen LogP contribution is -1.96. The molecule has 0 fully saturated rings. The number of hydrogen-bond donors (Lipinski definition) is 0. The van der Waals surface area contributed by atoms with E-state index in [0.717, 1.165) is 16.7 Å². The molecule has 112 valence electrons. The van der Waals surface area contributed by atoms with Gasteiger partial charge in [-0.15, -0.1) is 0 Å². The lowest BCUT2D eigenvalue weighted by atomic mass is 10.1. The van der Waals surface area contributed by atoms with Crippen molar-refractivity contribution in [3.05, 3.63) is 83.0 Å². The van der Waals surface area contributed by atoms with Crippen molar-refractivity contribution < 1.29 is 4.74 Å². The smallest absolute Gasteiger partial charge is 0.213 e. The highest BCUT2D eigenvalue weighted by Gasteiger charge is 2.04. The standard InChI is InChI=1S/C19H13ClN2O/c20-18-9-15(11-21)8-17(10-18)16-6-7-19(22-12-16)23-13-14-4-2-1-3-5-14/h1-10,12H,13H2. The van der Waals surface area contributed by atoms with Crippen LogP contribution < -0.4 is 4.74 Å². The van der Waals surface area contributed by atoms with Crippen LogP contribution in [0.1, 0.15) is 11.1 Å². The van der Waals surface area contributed by atoms with Crippen LogP contribution in [0.3, 0.4) is 0 Å². The van der Waals surface area contributed by atoms with Gasteiger partial charge in [0.2, 0.25) is 5.88 Å². The van der Waals surface area contributed by atoms with Crippen LogP contribution in [0.4, 0.5) is 0 Å². The van der Waals surface area contributed by atoms with E-state index in [1.165, 1.54) is 0 Å². The van der Waals surface area contributed by atoms with Gasteiger partial charge in [0.1, 0.15) is 6.61 Å². The molecule has 0 unspecified atom stereocenters. The second-order valence-corrected chi connectivity index (χ2v) is 5.44. The zero-order valence-electron chi connectivity index (χ0n) is 12.2. The van der Waals surface area contributed by atoms with Crippen molar-refractivity contribution in [2.24, 2.45) is 0 Å². The predicted octanol–water partition coefficient (Wildman–Crippen LogP) is 4.85. The van der Waals surface area contributed by atoms with Crippen LogP contribution >= 0.6 is 11.6 Å². The highest BCUT2D eigenvalue weighted by molar-refractivity contribution is 6.31. The van der Waals surface area contributed by atoms with Crippen LogP contribution in [0.2, 0.25) is 5.02 Å². The maximum Gasteiger partial charge on any atom is 0.213 e. The maximum atomic E-state index is 9.01. The van der Waals surface area contributed by atoms with Crippen LogP contribution in [0.15, 0.2) is 66.9 Å². The van der Waals surface area contributed by atoms with E-state index in [9.17, 15) is 0 Å². The van der Waals surface area contributed by atoms with Crippen LogP contribution in [0, 0.1) is 11.3 Å². The third-order valence-corrected chi connectivity index (χ3v) is 3.54. The van der Waals surface area contributed by atoms with E-state index >= 15 is 0 Å². The Kier molecular flexibility index (Phi) is 4.56. The second-order valence-electron chi connectivity index (χ2n) is 5.00. The molecule has 23 heavy (non-hydrogen) atoms. The number of aromatic nitrogens is 1. The molecule has 0 radical (unpaired) electrons. The lowest BCUT2D eigenvalue weighted by Gasteiger charge is -2.07. The van der Waals surface area contributed by atoms with E-state index in [2.05, 4.69) is 11.1 Å². The van der Waals surface area contributed by atoms with Gasteiger partial charge in [-0.05, 0) is 35.4 Å². The fourth-order valence-electron chi connectivity index (χ4n) is 2.19. The molecule has 0 N–H and O–H groups in total. The van der Waals surface area contributed by atoms with Gasteiger partial charge in [-0.2, -0.15) is 5.26 Å². The van der Waals surface area contributed by atoms with E-state index in [0.29, 0.717) is 23.1 Å². The van der Waals surface area contributed by atoms with Gasteiger partial charge in [0.25, 0.3) is 0 Å². The molecule has 1 heterocycles. The topological polar surface area (TPSA) is 45.9 Å². The van der Waals surface area contributed by atoms with Crippen molar-refractivity contribution in [2.45, 2.75) is 6.61 Å². The summed E-state index contributed by atoms with van der Waals surface area (Å²) in [6.45, 7) is 0.475. The van der Waals surface area contributed by atoms with E-state index in [4.69, 9.17) is 21.6 Å². The van der Waals surface area contributed by atoms with Crippen LogP contribution in [0.5, 0.6) is 5.88 Å². The first kappa shape index (κ1) is 15.1. The average Bonchev–Trinajstić information content (AvgIpc) is 2.60. The molecule has 3 aromatic rings. The fraction of sp³-hybridized carbons (Fsp3) is 0.0526. The highest BCUT2D eigenvalue weighted by atomic mass is 35.5. The number of pyridine rings is 1. The normalized spacial score (nSPS) is 10.1. The van der Waals surface area contributed by atoms with Crippen molar-refractivity contribution in [3.63, 3.8) is 0 Å². The number of hydrogen-bond acceptors (Lipinski definition) is 3. The van der Waals surface area contributed by atoms with Crippen molar-refractivity contribution in [2.75, 3.05) is 0 Å². The van der Waals surface area contributed by atoms with Gasteiger partial charge in [-0.25, -0.2) is 4.98 Å². The molecule has 0 atom stereocenters. The quantitative estimate of drug-likeness (QED) is 0.690. The first-order chi connectivity index (χ1) is 11.2. The third-order valence-electron chi connectivity index (χ3n) is 3.33. The van der Waals surface area contributed by atoms with Gasteiger partial charge in [0.05, 0.1) is 11.6 Å². The molecular formula is C19H13ClN2O. The Morgan fingerprint density at radius 3 is 2.52 bits per heavy atom. The van der Waals surface area contributed by atoms with Crippen LogP contribution in [-0.4, -0.2) is 4.98 Å². The van der Waals surface area contributed by atoms with Crippen molar-refractivity contribution in [1.29, 1.82) is 5.26 Å². The van der Waals surface area contributed by atoms with Gasteiger partial charge in [0.15, 0.2) is 0 Å². The summed E-state index contributed by atoms with van der Waals surface area (Å²) in [7, 11) is 0. The molecule has 0 bridgehead atoms. The Hall–Kier alpha value is -2.83. The van der Waals surface area contributed by atoms with E-state index < -0.39 is 0 Å². The number of nitrogens with zero attached hydrogens (tertiary/aromatic N) is 2. The summed E-state index contributed by atoms with van der Waals surface area (Å²) in [5.74, 6) is 0.556. The number of rotatable bonds is 4. The van der Waals surface area contributed by atoms with Gasteiger partial charge < -0.3 is 4.74 Å². The van der Waals surface area contributed by atoms with E-state index in [-0.39, 0.29) is 0 Å². The van der Waals surface area contributed by atoms with Gasteiger partial charge in [-0.1, -0.05) is 41.9 Å². The number of nitriles is 1. The second kappa shape index (κ2) is 6.95. The summed E-state index contributed by atoms with van der Waals surface area (Å²) in [4.78, 5) is 4.31. The zero-order valence-corrected chi connectivity index (χ0v) is 13.0. The summed E-state index contributed by atoms with van der Waals surface area (Å²) in [5, 5.41) is 9.54. The predicted molar refractivity (Wildman–Crippen MR) is 90.2 cm³/mol. The van der Waals surface area contributed by atoms with E-state index in [1.807, 2.05) is 48.5 Å². The molecule has 4 heteroatoms. The SMILES string of the molecule is N#Cc1cc(Cl)cc(-c2ccc(OCc3ccccc3)nc2)c1. The molecule has 0 aliphatic heterocycles. The monoisotopic (exact) mass is 320 g/mol. The Balaban J connectivity index is 1.75. The molecule has 0 aliphatic rings. The molecule has 0 saturated heterocycles. The Bertz CT molecular complexity index is 839. The minimum Gasteiger partial charge on any atom is -0.473 e. The molecule has 0 saturated carbocycles. The molecule has 2 aromatic carbocycles. The first-order valence-electron chi connectivity index (χ1n) is 7.08. The largest absolute Gasteiger partial charge is 0.473 e. The molecule has 0 spiro atoms. The van der Waals surface area contributed by atoms with Crippen LogP contribution in [0.25, 0.3) is 11.1 Å². The summed E-state index contributed by atoms with van der Waals surface area (Å²) in [6, 6.07) is 21.0. The Morgan fingerprint density at radius 2 is 1.83 bits per heavy atom. The lowest BCUT2D eigenvalue weighted by molar-refractivity contribution is 0.294. The molecule has 1 aromatic heterocycles. The summed E-state index contributed by atoms with van der Waals surface area (Å²) >= 11 is 6.03. The summed E-state index contributed by atoms with van der Waals surface area (Å²) in [5.41, 5.74) is 3.36. The highest BCUT2D eigenvalue weighted by Crippen LogP contribution is 2.25. The Morgan fingerprint density at radius 1 is 1.00 bits per heavy atom. The molecular weight excluding hydrogens is 308 g/mol. The average molecular weight is 321 g/mol. The maximum absolute atomic E-state index is 9.01. The van der Waals surface area contributed by atoms with Gasteiger partial charge in [-0.3, -0.25) is 0 Å². The number of ether oxygens (including phenoxy) is 1.